The first kappa shape index (κ1) is 28.6. The molecule has 7 heteroatoms. The first-order valence-corrected chi connectivity index (χ1v) is 9.05. The van der Waals surface area contributed by atoms with Gasteiger partial charge in [-0.25, -0.2) is 0 Å². The number of hydrogen-bond donors (Lipinski definition) is 5. The molecule has 0 bridgehead atoms. The van der Waals surface area contributed by atoms with Crippen LogP contribution in [0.15, 0.2) is 0 Å². The van der Waals surface area contributed by atoms with Gasteiger partial charge in [-0.1, -0.05) is 46.5 Å². The van der Waals surface area contributed by atoms with E-state index < -0.39 is 17.4 Å². The molecule has 0 aliphatic carbocycles. The van der Waals surface area contributed by atoms with E-state index in [1.165, 1.54) is 0 Å². The van der Waals surface area contributed by atoms with Crippen molar-refractivity contribution < 1.29 is 35.1 Å². The Bertz CT molecular complexity index is 264. The number of rotatable bonds is 12. The van der Waals surface area contributed by atoms with Gasteiger partial charge in [0.15, 0.2) is 0 Å². The van der Waals surface area contributed by atoms with Crippen LogP contribution in [-0.2, 0) is 9.59 Å². The van der Waals surface area contributed by atoms with Crippen LogP contribution >= 0.6 is 0 Å². The first-order chi connectivity index (χ1) is 11.8. The van der Waals surface area contributed by atoms with Crippen molar-refractivity contribution in [3.05, 3.63) is 0 Å². The molecule has 0 rings (SSSR count). The number of carboxylic acid groups (broad SMARTS) is 2. The van der Waals surface area contributed by atoms with Gasteiger partial charge in [-0.05, 0) is 19.3 Å². The van der Waals surface area contributed by atoms with Crippen molar-refractivity contribution in [2.24, 2.45) is 5.41 Å². The van der Waals surface area contributed by atoms with Gasteiger partial charge in [0.1, 0.15) is 0 Å². The third-order valence-electron chi connectivity index (χ3n) is 3.74. The molecular formula is C18H38O7. The van der Waals surface area contributed by atoms with E-state index in [-0.39, 0.29) is 19.8 Å². The molecule has 0 aliphatic rings. The molecule has 0 aliphatic heterocycles. The summed E-state index contributed by atoms with van der Waals surface area (Å²) in [5.74, 6) is -1.36. The molecule has 0 saturated heterocycles. The Morgan fingerprint density at radius 2 is 1.00 bits per heavy atom. The number of aliphatic hydroxyl groups is 3. The number of unbranched alkanes of at least 4 members (excludes halogenated alkanes) is 4. The topological polar surface area (TPSA) is 135 Å². The van der Waals surface area contributed by atoms with Crippen LogP contribution in [0.1, 0.15) is 78.6 Å². The summed E-state index contributed by atoms with van der Waals surface area (Å²) in [5, 5.41) is 42.2. The Labute approximate surface area is 151 Å². The molecule has 25 heavy (non-hydrogen) atoms. The average Bonchev–Trinajstić information content (AvgIpc) is 2.59. The summed E-state index contributed by atoms with van der Waals surface area (Å²) in [7, 11) is 0. The van der Waals surface area contributed by atoms with E-state index in [2.05, 4.69) is 13.8 Å². The Kier molecular flexibility index (Phi) is 23.9. The van der Waals surface area contributed by atoms with Gasteiger partial charge < -0.3 is 25.5 Å². The molecule has 5 N–H and O–H groups in total. The molecule has 0 heterocycles. The molecule has 0 atom stereocenters. The van der Waals surface area contributed by atoms with Crippen molar-refractivity contribution in [2.45, 2.75) is 78.6 Å². The fraction of sp³-hybridized carbons (Fsp3) is 0.889. The summed E-state index contributed by atoms with van der Waals surface area (Å²) >= 11 is 0. The van der Waals surface area contributed by atoms with Crippen LogP contribution in [0.4, 0.5) is 0 Å². The fourth-order valence-electron chi connectivity index (χ4n) is 1.54. The molecule has 7 nitrogen and oxygen atoms in total. The van der Waals surface area contributed by atoms with Crippen LogP contribution in [0.5, 0.6) is 0 Å². The lowest BCUT2D eigenvalue weighted by Gasteiger charge is -2.24. The van der Waals surface area contributed by atoms with Gasteiger partial charge in [-0.15, -0.1) is 0 Å². The summed E-state index contributed by atoms with van der Waals surface area (Å²) in [5.41, 5.74) is -0.667. The van der Waals surface area contributed by atoms with Gasteiger partial charge in [0.2, 0.25) is 0 Å². The third kappa shape index (κ3) is 22.8. The second-order valence-electron chi connectivity index (χ2n) is 6.03. The zero-order valence-electron chi connectivity index (χ0n) is 16.0. The van der Waals surface area contributed by atoms with Crippen molar-refractivity contribution in [3.63, 3.8) is 0 Å². The summed E-state index contributed by atoms with van der Waals surface area (Å²) in [6.45, 7) is 5.47. The molecule has 0 aromatic carbocycles. The highest BCUT2D eigenvalue weighted by Gasteiger charge is 2.24. The van der Waals surface area contributed by atoms with Crippen LogP contribution in [0.25, 0.3) is 0 Å². The molecule has 152 valence electrons. The van der Waals surface area contributed by atoms with Gasteiger partial charge >= 0.3 is 11.9 Å². The van der Waals surface area contributed by atoms with Crippen LogP contribution in [0.3, 0.4) is 0 Å². The van der Waals surface area contributed by atoms with E-state index in [0.717, 1.165) is 38.5 Å². The van der Waals surface area contributed by atoms with E-state index in [0.29, 0.717) is 19.3 Å². The lowest BCUT2D eigenvalue weighted by molar-refractivity contribution is -0.138. The minimum Gasteiger partial charge on any atom is -0.481 e. The molecule has 0 aromatic rings. The van der Waals surface area contributed by atoms with Crippen LogP contribution < -0.4 is 0 Å². The third-order valence-corrected chi connectivity index (χ3v) is 3.74. The normalized spacial score (nSPS) is 10.2. The van der Waals surface area contributed by atoms with Gasteiger partial charge in [0.25, 0.3) is 0 Å². The highest BCUT2D eigenvalue weighted by Crippen LogP contribution is 2.18. The Hall–Kier alpha value is -1.18. The van der Waals surface area contributed by atoms with E-state index in [9.17, 15) is 9.59 Å². The van der Waals surface area contributed by atoms with E-state index in [4.69, 9.17) is 25.5 Å². The van der Waals surface area contributed by atoms with Crippen molar-refractivity contribution in [3.8, 4) is 0 Å². The van der Waals surface area contributed by atoms with Gasteiger partial charge in [-0.2, -0.15) is 0 Å². The van der Waals surface area contributed by atoms with Crippen molar-refractivity contribution >= 4 is 11.9 Å². The predicted molar refractivity (Wildman–Crippen MR) is 97.5 cm³/mol. The second-order valence-corrected chi connectivity index (χ2v) is 6.03. The molecule has 0 fully saturated rings. The lowest BCUT2D eigenvalue weighted by atomic mass is 9.88. The Morgan fingerprint density at radius 3 is 1.12 bits per heavy atom. The minimum absolute atomic E-state index is 0.156. The zero-order valence-corrected chi connectivity index (χ0v) is 16.0. The Morgan fingerprint density at radius 1 is 0.680 bits per heavy atom. The van der Waals surface area contributed by atoms with Crippen LogP contribution in [-0.4, -0.2) is 57.3 Å². The number of carbonyl (C=O) groups is 2. The summed E-state index contributed by atoms with van der Waals surface area (Å²) in [4.78, 5) is 19.7. The molecule has 0 unspecified atom stereocenters. The molecule has 0 radical (unpaired) electrons. The van der Waals surface area contributed by atoms with E-state index in [1.54, 1.807) is 0 Å². The van der Waals surface area contributed by atoms with Crippen molar-refractivity contribution in [1.29, 1.82) is 0 Å². The van der Waals surface area contributed by atoms with E-state index >= 15 is 0 Å². The summed E-state index contributed by atoms with van der Waals surface area (Å²) in [6.07, 6.45) is 7.15. The standard InChI is InChI=1S/C6H14O3.2C6H12O2/c1-2-6(3-7,4-8)5-9;2*1-2-3-4-5-6(7)8/h7-9H,2-5H2,1H3;2*2-5H2,1H3,(H,7,8). The predicted octanol–water partition coefficient (Wildman–Crippen LogP) is 2.66. The largest absolute Gasteiger partial charge is 0.481 e. The molecule has 0 saturated carbocycles. The highest BCUT2D eigenvalue weighted by atomic mass is 16.4. The monoisotopic (exact) mass is 366 g/mol. The van der Waals surface area contributed by atoms with Gasteiger partial charge in [0, 0.05) is 18.3 Å². The number of hydrogen-bond acceptors (Lipinski definition) is 5. The summed E-state index contributed by atoms with van der Waals surface area (Å²) < 4.78 is 0. The SMILES string of the molecule is CCC(CO)(CO)CO.CCCCCC(=O)O.CCCCCC(=O)O. The maximum atomic E-state index is 9.87. The molecule has 0 spiro atoms. The van der Waals surface area contributed by atoms with Crippen LogP contribution in [0.2, 0.25) is 0 Å². The molecular weight excluding hydrogens is 328 g/mol. The quantitative estimate of drug-likeness (QED) is 0.335. The number of aliphatic carboxylic acids is 2. The van der Waals surface area contributed by atoms with E-state index in [1.807, 2.05) is 6.92 Å². The average molecular weight is 366 g/mol. The van der Waals surface area contributed by atoms with Crippen molar-refractivity contribution in [2.75, 3.05) is 19.8 Å². The number of carboxylic acids is 2. The van der Waals surface area contributed by atoms with Gasteiger partial charge in [-0.3, -0.25) is 9.59 Å². The number of aliphatic hydroxyl groups excluding tert-OH is 3. The Balaban J connectivity index is -0.000000291. The minimum atomic E-state index is -0.682. The highest BCUT2D eigenvalue weighted by molar-refractivity contribution is 5.66. The first-order valence-electron chi connectivity index (χ1n) is 9.05. The molecule has 0 aromatic heterocycles. The van der Waals surface area contributed by atoms with Crippen molar-refractivity contribution in [1.82, 2.24) is 0 Å². The maximum absolute atomic E-state index is 9.87. The van der Waals surface area contributed by atoms with Crippen LogP contribution in [0, 0.1) is 5.41 Å². The summed E-state index contributed by atoms with van der Waals surface area (Å²) in [6, 6.07) is 0. The maximum Gasteiger partial charge on any atom is 0.303 e. The van der Waals surface area contributed by atoms with Gasteiger partial charge in [0.05, 0.1) is 19.8 Å². The zero-order chi connectivity index (χ0) is 20.1. The smallest absolute Gasteiger partial charge is 0.303 e. The fourth-order valence-corrected chi connectivity index (χ4v) is 1.54. The molecule has 0 amide bonds. The second kappa shape index (κ2) is 20.9. The lowest BCUT2D eigenvalue weighted by Crippen LogP contribution is -2.32.